The molecular weight excluding hydrogens is 663 g/mol. The zero-order valence-electron chi connectivity index (χ0n) is 35.5. The monoisotopic (exact) mass is 750 g/mol. The van der Waals surface area contributed by atoms with Crippen molar-refractivity contribution in [3.8, 4) is 0 Å². The lowest BCUT2D eigenvalue weighted by Gasteiger charge is -2.22. The Morgan fingerprint density at radius 3 is 1.19 bits per heavy atom. The van der Waals surface area contributed by atoms with E-state index in [1.54, 1.807) is 0 Å². The first-order chi connectivity index (χ1) is 26.7. The van der Waals surface area contributed by atoms with E-state index in [1.807, 2.05) is 0 Å². The fraction of sp³-hybridized carbons (Fsp3) is 0.700. The first-order valence-electron chi connectivity index (χ1n) is 22.8. The first-order valence-corrected chi connectivity index (χ1v) is 22.8. The second-order valence-corrected chi connectivity index (χ2v) is 15.1. The van der Waals surface area contributed by atoms with Crippen LogP contribution in [0.3, 0.4) is 0 Å². The summed E-state index contributed by atoms with van der Waals surface area (Å²) in [6.45, 7) is 4.09. The predicted octanol–water partition coefficient (Wildman–Crippen LogP) is 14.5. The molecule has 0 aromatic carbocycles. The molecule has 0 spiro atoms. The lowest BCUT2D eigenvalue weighted by molar-refractivity contribution is -0.123. The van der Waals surface area contributed by atoms with E-state index in [9.17, 15) is 15.0 Å². The molecule has 0 heterocycles. The highest BCUT2D eigenvalue weighted by molar-refractivity contribution is 5.76. The van der Waals surface area contributed by atoms with Gasteiger partial charge in [-0.3, -0.25) is 4.79 Å². The zero-order chi connectivity index (χ0) is 39.3. The molecule has 0 fully saturated rings. The number of hydrogen-bond acceptors (Lipinski definition) is 3. The van der Waals surface area contributed by atoms with Gasteiger partial charge in [0.05, 0.1) is 18.8 Å². The van der Waals surface area contributed by atoms with E-state index in [0.29, 0.717) is 12.8 Å². The van der Waals surface area contributed by atoms with Crippen molar-refractivity contribution in [3.05, 3.63) is 85.1 Å². The van der Waals surface area contributed by atoms with Crippen LogP contribution in [0.5, 0.6) is 0 Å². The second-order valence-electron chi connectivity index (χ2n) is 15.1. The molecule has 4 nitrogen and oxygen atoms in total. The van der Waals surface area contributed by atoms with Crippen LogP contribution in [-0.4, -0.2) is 34.9 Å². The fourth-order valence-electron chi connectivity index (χ4n) is 6.46. The zero-order valence-corrected chi connectivity index (χ0v) is 35.5. The Balaban J connectivity index is 3.41. The van der Waals surface area contributed by atoms with Gasteiger partial charge in [0.2, 0.25) is 5.91 Å². The van der Waals surface area contributed by atoms with Crippen LogP contribution >= 0.6 is 0 Å². The van der Waals surface area contributed by atoms with Crippen LogP contribution < -0.4 is 5.32 Å². The molecule has 0 aromatic heterocycles. The predicted molar refractivity (Wildman–Crippen MR) is 239 cm³/mol. The molecule has 54 heavy (non-hydrogen) atoms. The van der Waals surface area contributed by atoms with Gasteiger partial charge in [0.1, 0.15) is 0 Å². The molecule has 0 bridgehead atoms. The van der Waals surface area contributed by atoms with Gasteiger partial charge in [0, 0.05) is 6.42 Å². The Labute approximate surface area is 335 Å². The summed E-state index contributed by atoms with van der Waals surface area (Å²) in [6, 6.07) is -0.533. The summed E-state index contributed by atoms with van der Waals surface area (Å²) in [7, 11) is 0. The van der Waals surface area contributed by atoms with Crippen molar-refractivity contribution in [3.63, 3.8) is 0 Å². The molecule has 2 atom stereocenters. The third-order valence-electron chi connectivity index (χ3n) is 9.92. The number of unbranched alkanes of at least 4 members (excludes halogenated alkanes) is 19. The summed E-state index contributed by atoms with van der Waals surface area (Å²) in [5.41, 5.74) is 0. The summed E-state index contributed by atoms with van der Waals surface area (Å²) in [5.74, 6) is -0.0454. The van der Waals surface area contributed by atoms with Gasteiger partial charge in [-0.15, -0.1) is 0 Å². The van der Waals surface area contributed by atoms with Gasteiger partial charge in [-0.25, -0.2) is 0 Å². The van der Waals surface area contributed by atoms with E-state index in [2.05, 4.69) is 104 Å². The molecule has 0 radical (unpaired) electrons. The second kappa shape index (κ2) is 45.0. The molecular formula is C50H87NO3. The van der Waals surface area contributed by atoms with Crippen molar-refractivity contribution >= 4 is 5.91 Å². The van der Waals surface area contributed by atoms with E-state index < -0.39 is 12.1 Å². The number of aliphatic hydroxyl groups is 2. The number of hydrogen-bond donors (Lipinski definition) is 3. The molecule has 310 valence electrons. The van der Waals surface area contributed by atoms with Gasteiger partial charge in [-0.05, 0) is 70.6 Å². The van der Waals surface area contributed by atoms with Gasteiger partial charge in [-0.1, -0.05) is 214 Å². The van der Waals surface area contributed by atoms with E-state index >= 15 is 0 Å². The Hall–Kier alpha value is -2.43. The number of allylic oxidation sites excluding steroid dienone is 14. The van der Waals surface area contributed by atoms with Crippen LogP contribution in [0, 0.1) is 0 Å². The van der Waals surface area contributed by atoms with Gasteiger partial charge in [0.15, 0.2) is 0 Å². The molecule has 0 aliphatic heterocycles. The van der Waals surface area contributed by atoms with E-state index in [-0.39, 0.29) is 12.5 Å². The molecule has 3 N–H and O–H groups in total. The molecule has 0 saturated carbocycles. The van der Waals surface area contributed by atoms with Crippen LogP contribution in [0.2, 0.25) is 0 Å². The minimum absolute atomic E-state index is 0.0454. The van der Waals surface area contributed by atoms with Crippen LogP contribution in [0.15, 0.2) is 85.1 Å². The summed E-state index contributed by atoms with van der Waals surface area (Å²) in [4.78, 5) is 12.2. The van der Waals surface area contributed by atoms with E-state index in [0.717, 1.165) is 77.0 Å². The Kier molecular flexibility index (Phi) is 42.9. The number of rotatable bonds is 40. The molecule has 0 rings (SSSR count). The number of aliphatic hydroxyl groups excluding tert-OH is 2. The molecule has 2 unspecified atom stereocenters. The number of nitrogens with one attached hydrogen (secondary N) is 1. The number of amides is 1. The smallest absolute Gasteiger partial charge is 0.220 e. The van der Waals surface area contributed by atoms with Crippen LogP contribution in [0.1, 0.15) is 206 Å². The molecule has 0 aromatic rings. The summed E-state index contributed by atoms with van der Waals surface area (Å²) in [6.07, 6.45) is 66.1. The maximum Gasteiger partial charge on any atom is 0.220 e. The van der Waals surface area contributed by atoms with E-state index in [1.165, 1.54) is 103 Å². The summed E-state index contributed by atoms with van der Waals surface area (Å²) in [5, 5.41) is 22.6. The Morgan fingerprint density at radius 1 is 0.463 bits per heavy atom. The quantitative estimate of drug-likeness (QED) is 0.0431. The van der Waals surface area contributed by atoms with Crippen molar-refractivity contribution in [2.45, 2.75) is 219 Å². The molecule has 4 heteroatoms. The highest BCUT2D eigenvalue weighted by atomic mass is 16.3. The largest absolute Gasteiger partial charge is 0.394 e. The van der Waals surface area contributed by atoms with Gasteiger partial charge in [0.25, 0.3) is 0 Å². The first kappa shape index (κ1) is 51.6. The fourth-order valence-corrected chi connectivity index (χ4v) is 6.46. The topological polar surface area (TPSA) is 69.6 Å². The van der Waals surface area contributed by atoms with E-state index in [4.69, 9.17) is 0 Å². The lowest BCUT2D eigenvalue weighted by Crippen LogP contribution is -2.45. The average Bonchev–Trinajstić information content (AvgIpc) is 3.17. The highest BCUT2D eigenvalue weighted by Crippen LogP contribution is 2.15. The van der Waals surface area contributed by atoms with Crippen molar-refractivity contribution in [1.82, 2.24) is 5.32 Å². The van der Waals surface area contributed by atoms with Crippen LogP contribution in [-0.2, 0) is 4.79 Å². The Bertz CT molecular complexity index is 988. The standard InChI is InChI=1S/C50H87NO3/c1-3-5-7-8-9-10-11-12-13-14-15-16-17-18-19-20-21-22-23-24-25-26-27-28-29-30-31-32-33-34-35-36-37-38-39-40-41-42-44-46-50(54)51-48(47-52)49(53)45-43-6-4-2/h5,7,9-10,12-13,15-16,18-19,21-22,24-25,48-49,52-53H,3-4,6,8,11,14,17,20,23,26-47H2,1-2H3,(H,51,54)/b7-5-,10-9-,13-12-,16-15-,19-18-,22-21-,25-24-. The SMILES string of the molecule is CC/C=C\C/C=C\C/C=C\C/C=C\C/C=C\C/C=C\C/C=C\CCCCCCCCCCCCCCCCCCCC(=O)NC(CO)C(O)CCCCC. The molecule has 0 aliphatic carbocycles. The van der Waals surface area contributed by atoms with Crippen LogP contribution in [0.25, 0.3) is 0 Å². The minimum atomic E-state index is -0.657. The summed E-state index contributed by atoms with van der Waals surface area (Å²) < 4.78 is 0. The van der Waals surface area contributed by atoms with Crippen LogP contribution in [0.4, 0.5) is 0 Å². The van der Waals surface area contributed by atoms with Crippen molar-refractivity contribution < 1.29 is 15.0 Å². The van der Waals surface area contributed by atoms with Crippen molar-refractivity contribution in [1.29, 1.82) is 0 Å². The number of carbonyl (C=O) groups is 1. The van der Waals surface area contributed by atoms with Gasteiger partial charge < -0.3 is 15.5 Å². The maximum atomic E-state index is 12.2. The average molecular weight is 750 g/mol. The summed E-state index contributed by atoms with van der Waals surface area (Å²) >= 11 is 0. The molecule has 0 saturated heterocycles. The van der Waals surface area contributed by atoms with Crippen molar-refractivity contribution in [2.24, 2.45) is 0 Å². The van der Waals surface area contributed by atoms with Gasteiger partial charge in [-0.2, -0.15) is 0 Å². The maximum absolute atomic E-state index is 12.2. The highest BCUT2D eigenvalue weighted by Gasteiger charge is 2.19. The third-order valence-corrected chi connectivity index (χ3v) is 9.92. The molecule has 0 aliphatic rings. The third kappa shape index (κ3) is 40.7. The van der Waals surface area contributed by atoms with Gasteiger partial charge >= 0.3 is 0 Å². The Morgan fingerprint density at radius 2 is 0.815 bits per heavy atom. The normalized spacial score (nSPS) is 13.8. The molecule has 1 amide bonds. The lowest BCUT2D eigenvalue weighted by atomic mass is 10.0. The minimum Gasteiger partial charge on any atom is -0.394 e. The van der Waals surface area contributed by atoms with Crippen molar-refractivity contribution in [2.75, 3.05) is 6.61 Å². The number of carbonyl (C=O) groups excluding carboxylic acids is 1.